The normalized spacial score (nSPS) is 17.8. The Hall–Kier alpha value is -3.12. The molecule has 2 unspecified atom stereocenters. The van der Waals surface area contributed by atoms with Crippen molar-refractivity contribution in [3.05, 3.63) is 88.2 Å². The number of aryl methyl sites for hydroxylation is 1. The number of aromatic nitrogens is 2. The van der Waals surface area contributed by atoms with Crippen molar-refractivity contribution in [2.75, 3.05) is 0 Å². The zero-order valence-electron chi connectivity index (χ0n) is 16.7. The number of aliphatic hydroxyl groups excluding tert-OH is 1. The molecule has 1 aliphatic carbocycles. The van der Waals surface area contributed by atoms with E-state index in [1.807, 2.05) is 61.0 Å². The summed E-state index contributed by atoms with van der Waals surface area (Å²) in [7, 11) is 0. The van der Waals surface area contributed by atoms with E-state index in [0.717, 1.165) is 28.1 Å². The smallest absolute Gasteiger partial charge is 0.315 e. The second-order valence-corrected chi connectivity index (χ2v) is 7.57. The highest BCUT2D eigenvalue weighted by atomic mass is 16.3. The Morgan fingerprint density at radius 3 is 2.66 bits per heavy atom. The van der Waals surface area contributed by atoms with Crippen LogP contribution in [0.1, 0.15) is 39.7 Å². The average molecular weight is 390 g/mol. The molecule has 0 bridgehead atoms. The largest absolute Gasteiger partial charge is 0.390 e. The van der Waals surface area contributed by atoms with Crippen LogP contribution in [0.2, 0.25) is 0 Å². The Labute approximate surface area is 170 Å². The minimum absolute atomic E-state index is 0.291. The topological polar surface area (TPSA) is 79.2 Å². The monoisotopic (exact) mass is 390 g/mol. The van der Waals surface area contributed by atoms with E-state index >= 15 is 0 Å². The Morgan fingerprint density at radius 1 is 1.14 bits per heavy atom. The Bertz CT molecular complexity index is 1010. The predicted molar refractivity (Wildman–Crippen MR) is 112 cm³/mol. The fourth-order valence-corrected chi connectivity index (χ4v) is 4.01. The van der Waals surface area contributed by atoms with Crippen molar-refractivity contribution in [1.29, 1.82) is 0 Å². The van der Waals surface area contributed by atoms with Crippen LogP contribution >= 0.6 is 0 Å². The van der Waals surface area contributed by atoms with Crippen LogP contribution in [0.5, 0.6) is 0 Å². The highest BCUT2D eigenvalue weighted by Gasteiger charge is 2.31. The van der Waals surface area contributed by atoms with Gasteiger partial charge in [0.1, 0.15) is 0 Å². The Kier molecular flexibility index (Phi) is 5.36. The van der Waals surface area contributed by atoms with E-state index in [2.05, 4.69) is 27.9 Å². The molecule has 0 fully saturated rings. The zero-order chi connectivity index (χ0) is 20.4. The lowest BCUT2D eigenvalue weighted by atomic mass is 10.1. The fraction of sp³-hybridized carbons (Fsp3) is 0.304. The van der Waals surface area contributed by atoms with Crippen molar-refractivity contribution >= 4 is 6.03 Å². The van der Waals surface area contributed by atoms with Crippen molar-refractivity contribution in [3.63, 3.8) is 0 Å². The summed E-state index contributed by atoms with van der Waals surface area (Å²) in [6.07, 6.45) is -0.0405. The summed E-state index contributed by atoms with van der Waals surface area (Å²) >= 11 is 0. The molecule has 2 atom stereocenters. The number of hydrogen-bond acceptors (Lipinski definition) is 3. The number of rotatable bonds is 5. The van der Waals surface area contributed by atoms with Crippen molar-refractivity contribution in [2.24, 2.45) is 0 Å². The van der Waals surface area contributed by atoms with Crippen LogP contribution in [-0.4, -0.2) is 27.0 Å². The highest BCUT2D eigenvalue weighted by molar-refractivity contribution is 5.75. The number of nitrogens with zero attached hydrogens (tertiary/aromatic N) is 2. The number of benzene rings is 2. The van der Waals surface area contributed by atoms with E-state index in [9.17, 15) is 9.90 Å². The maximum atomic E-state index is 12.5. The van der Waals surface area contributed by atoms with Gasteiger partial charge in [0.05, 0.1) is 24.4 Å². The molecule has 1 heterocycles. The van der Waals surface area contributed by atoms with Gasteiger partial charge in [-0.25, -0.2) is 4.79 Å². The molecular formula is C23H26N4O2. The molecule has 4 rings (SSSR count). The van der Waals surface area contributed by atoms with Crippen molar-refractivity contribution in [2.45, 2.75) is 45.5 Å². The number of fused-ring (bicyclic) bond motifs is 1. The number of aliphatic hydroxyl groups is 1. The summed E-state index contributed by atoms with van der Waals surface area (Å²) < 4.78 is 1.97. The molecular weight excluding hydrogens is 364 g/mol. The van der Waals surface area contributed by atoms with Crippen LogP contribution in [0.15, 0.2) is 54.6 Å². The SMILES string of the molecule is Cc1nn(Cc2ccccc2)c(C)c1CNC(=O)NC1c2ccccc2CC1O. The van der Waals surface area contributed by atoms with E-state index in [0.29, 0.717) is 19.5 Å². The molecule has 0 saturated carbocycles. The molecule has 0 aliphatic heterocycles. The van der Waals surface area contributed by atoms with Gasteiger partial charge in [-0.3, -0.25) is 4.68 Å². The minimum atomic E-state index is -0.602. The molecule has 0 radical (unpaired) electrons. The van der Waals surface area contributed by atoms with Gasteiger partial charge in [-0.05, 0) is 30.5 Å². The van der Waals surface area contributed by atoms with Crippen molar-refractivity contribution in [1.82, 2.24) is 20.4 Å². The lowest BCUT2D eigenvalue weighted by molar-refractivity contribution is 0.142. The first-order chi connectivity index (χ1) is 14.0. The van der Waals surface area contributed by atoms with Crippen LogP contribution in [0.25, 0.3) is 0 Å². The molecule has 3 aromatic rings. The van der Waals surface area contributed by atoms with E-state index in [1.54, 1.807) is 0 Å². The quantitative estimate of drug-likeness (QED) is 0.627. The second-order valence-electron chi connectivity index (χ2n) is 7.57. The first-order valence-corrected chi connectivity index (χ1v) is 9.90. The fourth-order valence-electron chi connectivity index (χ4n) is 4.01. The van der Waals surface area contributed by atoms with Crippen LogP contribution in [0.3, 0.4) is 0 Å². The number of nitrogens with one attached hydrogen (secondary N) is 2. The standard InChI is InChI=1S/C23H26N4O2/c1-15-20(16(2)27(26-15)14-17-8-4-3-5-9-17)13-24-23(29)25-22-19-11-7-6-10-18(19)12-21(22)28/h3-11,21-22,28H,12-14H2,1-2H3,(H2,24,25,29). The van der Waals surface area contributed by atoms with Gasteiger partial charge >= 0.3 is 6.03 Å². The number of amides is 2. The summed E-state index contributed by atoms with van der Waals surface area (Å²) in [4.78, 5) is 12.5. The molecule has 3 N–H and O–H groups in total. The number of carbonyl (C=O) groups is 1. The lowest BCUT2D eigenvalue weighted by Gasteiger charge is -2.18. The van der Waals surface area contributed by atoms with Gasteiger partial charge < -0.3 is 15.7 Å². The van der Waals surface area contributed by atoms with E-state index < -0.39 is 6.10 Å². The van der Waals surface area contributed by atoms with Gasteiger partial charge in [-0.15, -0.1) is 0 Å². The van der Waals surface area contributed by atoms with Gasteiger partial charge in [0.25, 0.3) is 0 Å². The van der Waals surface area contributed by atoms with Crippen molar-refractivity contribution in [3.8, 4) is 0 Å². The third-order valence-electron chi connectivity index (χ3n) is 5.62. The molecule has 6 nitrogen and oxygen atoms in total. The lowest BCUT2D eigenvalue weighted by Crippen LogP contribution is -2.40. The first-order valence-electron chi connectivity index (χ1n) is 9.90. The summed E-state index contributed by atoms with van der Waals surface area (Å²) in [5.74, 6) is 0. The van der Waals surface area contributed by atoms with Gasteiger partial charge in [0.2, 0.25) is 0 Å². The maximum absolute atomic E-state index is 12.5. The Balaban J connectivity index is 1.40. The van der Waals surface area contributed by atoms with Gasteiger partial charge in [0.15, 0.2) is 0 Å². The molecule has 150 valence electrons. The van der Waals surface area contributed by atoms with Gasteiger partial charge in [0, 0.05) is 24.2 Å². The molecule has 0 saturated heterocycles. The highest BCUT2D eigenvalue weighted by Crippen LogP contribution is 2.31. The van der Waals surface area contributed by atoms with Crippen LogP contribution in [0, 0.1) is 13.8 Å². The predicted octanol–water partition coefficient (Wildman–Crippen LogP) is 3.01. The molecule has 2 amide bonds. The summed E-state index contributed by atoms with van der Waals surface area (Å²) in [5.41, 5.74) is 6.22. The van der Waals surface area contributed by atoms with Gasteiger partial charge in [-0.1, -0.05) is 54.6 Å². The maximum Gasteiger partial charge on any atom is 0.315 e. The molecule has 0 spiro atoms. The van der Waals surface area contributed by atoms with Crippen LogP contribution < -0.4 is 10.6 Å². The van der Waals surface area contributed by atoms with Crippen LogP contribution in [-0.2, 0) is 19.5 Å². The van der Waals surface area contributed by atoms with E-state index in [1.165, 1.54) is 5.56 Å². The molecule has 6 heteroatoms. The molecule has 1 aromatic heterocycles. The third-order valence-corrected chi connectivity index (χ3v) is 5.62. The van der Waals surface area contributed by atoms with Crippen LogP contribution in [0.4, 0.5) is 4.79 Å². The number of hydrogen-bond donors (Lipinski definition) is 3. The third kappa shape index (κ3) is 4.03. The zero-order valence-corrected chi connectivity index (χ0v) is 16.7. The molecule has 2 aromatic carbocycles. The summed E-state index contributed by atoms with van der Waals surface area (Å²) in [5, 5.41) is 20.8. The van der Waals surface area contributed by atoms with E-state index in [-0.39, 0.29) is 12.1 Å². The number of carbonyl (C=O) groups excluding carboxylic acids is 1. The molecule has 29 heavy (non-hydrogen) atoms. The summed E-state index contributed by atoms with van der Waals surface area (Å²) in [6.45, 7) is 5.07. The molecule has 1 aliphatic rings. The summed E-state index contributed by atoms with van der Waals surface area (Å²) in [6, 6.07) is 17.3. The van der Waals surface area contributed by atoms with Gasteiger partial charge in [-0.2, -0.15) is 5.10 Å². The second kappa shape index (κ2) is 8.09. The number of urea groups is 1. The average Bonchev–Trinajstić information content (AvgIpc) is 3.17. The van der Waals surface area contributed by atoms with E-state index in [4.69, 9.17) is 0 Å². The van der Waals surface area contributed by atoms with Crippen molar-refractivity contribution < 1.29 is 9.90 Å². The minimum Gasteiger partial charge on any atom is -0.390 e. The first kappa shape index (κ1) is 19.2. The Morgan fingerprint density at radius 2 is 1.86 bits per heavy atom.